The van der Waals surface area contributed by atoms with E-state index in [1.54, 1.807) is 16.5 Å². The van der Waals surface area contributed by atoms with Crippen molar-refractivity contribution in [1.29, 1.82) is 0 Å². The third-order valence-electron chi connectivity index (χ3n) is 3.64. The van der Waals surface area contributed by atoms with E-state index in [0.29, 0.717) is 0 Å². The normalized spacial score (nSPS) is 14.5. The molecule has 0 amide bonds. The molecule has 2 aromatic rings. The summed E-state index contributed by atoms with van der Waals surface area (Å²) in [5, 5.41) is 3.06. The van der Waals surface area contributed by atoms with Gasteiger partial charge in [0.05, 0.1) is 0 Å². The minimum atomic E-state index is 1.26. The second-order valence-corrected chi connectivity index (χ2v) is 4.69. The van der Waals surface area contributed by atoms with Gasteiger partial charge in [0.15, 0.2) is 0 Å². The van der Waals surface area contributed by atoms with Gasteiger partial charge in [-0.3, -0.25) is 0 Å². The summed E-state index contributed by atoms with van der Waals surface area (Å²) in [6.45, 7) is 4.45. The van der Waals surface area contributed by atoms with Crippen LogP contribution in [0, 0.1) is 13.8 Å². The molecule has 1 aliphatic rings. The van der Waals surface area contributed by atoms with Gasteiger partial charge in [-0.2, -0.15) is 0 Å². The van der Waals surface area contributed by atoms with E-state index in [1.807, 2.05) is 0 Å². The SMILES string of the molecule is Cc1ccc2c3c(ccc(C)c13)CCC2. The average Bonchev–Trinajstić information content (AvgIpc) is 2.25. The standard InChI is InChI=1S/C15H16/c1-10-6-8-12-4-3-5-13-9-7-11(2)14(10)15(12)13/h6-9H,3-5H2,1-2H3. The molecule has 0 N–H and O–H groups in total. The van der Waals surface area contributed by atoms with Gasteiger partial charge >= 0.3 is 0 Å². The third kappa shape index (κ3) is 1.21. The van der Waals surface area contributed by atoms with Crippen molar-refractivity contribution in [3.05, 3.63) is 46.5 Å². The van der Waals surface area contributed by atoms with Gasteiger partial charge in [0.1, 0.15) is 0 Å². The van der Waals surface area contributed by atoms with Crippen LogP contribution < -0.4 is 0 Å². The molecule has 0 saturated carbocycles. The summed E-state index contributed by atoms with van der Waals surface area (Å²) in [6.07, 6.45) is 3.83. The first-order valence-corrected chi connectivity index (χ1v) is 5.78. The van der Waals surface area contributed by atoms with E-state index in [2.05, 4.69) is 38.1 Å². The van der Waals surface area contributed by atoms with Gasteiger partial charge < -0.3 is 0 Å². The molecule has 0 aliphatic heterocycles. The summed E-state index contributed by atoms with van der Waals surface area (Å²) in [5.74, 6) is 0. The first-order valence-electron chi connectivity index (χ1n) is 5.78. The van der Waals surface area contributed by atoms with Crippen molar-refractivity contribution in [3.8, 4) is 0 Å². The van der Waals surface area contributed by atoms with Crippen molar-refractivity contribution in [2.24, 2.45) is 0 Å². The Balaban J connectivity index is 2.54. The highest BCUT2D eigenvalue weighted by molar-refractivity contribution is 5.94. The van der Waals surface area contributed by atoms with E-state index >= 15 is 0 Å². The zero-order valence-corrected chi connectivity index (χ0v) is 9.43. The highest BCUT2D eigenvalue weighted by Gasteiger charge is 2.14. The molecule has 0 bridgehead atoms. The lowest BCUT2D eigenvalue weighted by atomic mass is 9.85. The van der Waals surface area contributed by atoms with Gasteiger partial charge in [0.2, 0.25) is 0 Å². The Labute approximate surface area is 90.9 Å². The Morgan fingerprint density at radius 1 is 0.733 bits per heavy atom. The van der Waals surface area contributed by atoms with Crippen LogP contribution in [0.15, 0.2) is 24.3 Å². The lowest BCUT2D eigenvalue weighted by Gasteiger charge is -2.19. The fourth-order valence-electron chi connectivity index (χ4n) is 2.90. The predicted octanol–water partition coefficient (Wildman–Crippen LogP) is 3.95. The van der Waals surface area contributed by atoms with Crippen molar-refractivity contribution in [2.75, 3.05) is 0 Å². The fourth-order valence-corrected chi connectivity index (χ4v) is 2.90. The molecule has 2 aromatic carbocycles. The van der Waals surface area contributed by atoms with Crippen LogP contribution in [0.4, 0.5) is 0 Å². The molecule has 0 unspecified atom stereocenters. The second-order valence-electron chi connectivity index (χ2n) is 4.69. The van der Waals surface area contributed by atoms with Crippen LogP contribution in [0.25, 0.3) is 10.8 Å². The molecule has 15 heavy (non-hydrogen) atoms. The Bertz CT molecular complexity index is 490. The third-order valence-corrected chi connectivity index (χ3v) is 3.64. The number of hydrogen-bond acceptors (Lipinski definition) is 0. The second kappa shape index (κ2) is 3.10. The Morgan fingerprint density at radius 3 is 1.80 bits per heavy atom. The number of hydrogen-bond donors (Lipinski definition) is 0. The number of aryl methyl sites for hydroxylation is 4. The predicted molar refractivity (Wildman–Crippen MR) is 65.4 cm³/mol. The number of rotatable bonds is 0. The lowest BCUT2D eigenvalue weighted by Crippen LogP contribution is -2.02. The van der Waals surface area contributed by atoms with Crippen molar-refractivity contribution in [2.45, 2.75) is 33.1 Å². The van der Waals surface area contributed by atoms with E-state index in [9.17, 15) is 0 Å². The van der Waals surface area contributed by atoms with E-state index in [-0.39, 0.29) is 0 Å². The summed E-state index contributed by atoms with van der Waals surface area (Å²) in [6, 6.07) is 9.19. The molecule has 0 heterocycles. The molecule has 0 aromatic heterocycles. The van der Waals surface area contributed by atoms with Crippen LogP contribution in [0.3, 0.4) is 0 Å². The molecule has 0 spiro atoms. The largest absolute Gasteiger partial charge is 0.0584 e. The minimum absolute atomic E-state index is 1.26. The van der Waals surface area contributed by atoms with Crippen LogP contribution in [0.2, 0.25) is 0 Å². The molecule has 3 rings (SSSR count). The molecular weight excluding hydrogens is 180 g/mol. The maximum absolute atomic E-state index is 2.32. The van der Waals surface area contributed by atoms with Crippen LogP contribution in [-0.4, -0.2) is 0 Å². The average molecular weight is 196 g/mol. The molecule has 0 heteroatoms. The maximum Gasteiger partial charge on any atom is -0.0114 e. The van der Waals surface area contributed by atoms with Gasteiger partial charge in [0.25, 0.3) is 0 Å². The van der Waals surface area contributed by atoms with Crippen molar-refractivity contribution >= 4 is 10.8 Å². The Morgan fingerprint density at radius 2 is 1.27 bits per heavy atom. The maximum atomic E-state index is 2.32. The zero-order valence-electron chi connectivity index (χ0n) is 9.43. The highest BCUT2D eigenvalue weighted by Crippen LogP contribution is 2.33. The van der Waals surface area contributed by atoms with Gasteiger partial charge in [-0.1, -0.05) is 24.3 Å². The summed E-state index contributed by atoms with van der Waals surface area (Å²) < 4.78 is 0. The topological polar surface area (TPSA) is 0 Å². The van der Waals surface area contributed by atoms with Crippen LogP contribution in [0.5, 0.6) is 0 Å². The molecule has 0 radical (unpaired) electrons. The summed E-state index contributed by atoms with van der Waals surface area (Å²) in [7, 11) is 0. The summed E-state index contributed by atoms with van der Waals surface area (Å²) >= 11 is 0. The van der Waals surface area contributed by atoms with Crippen LogP contribution >= 0.6 is 0 Å². The Kier molecular flexibility index (Phi) is 1.85. The Hall–Kier alpha value is -1.30. The zero-order chi connectivity index (χ0) is 10.4. The van der Waals surface area contributed by atoms with Crippen molar-refractivity contribution < 1.29 is 0 Å². The van der Waals surface area contributed by atoms with E-state index in [4.69, 9.17) is 0 Å². The minimum Gasteiger partial charge on any atom is -0.0584 e. The summed E-state index contributed by atoms with van der Waals surface area (Å²) in [4.78, 5) is 0. The lowest BCUT2D eigenvalue weighted by molar-refractivity contribution is 0.807. The highest BCUT2D eigenvalue weighted by atomic mass is 14.2. The van der Waals surface area contributed by atoms with Gasteiger partial charge in [-0.15, -0.1) is 0 Å². The van der Waals surface area contributed by atoms with Gasteiger partial charge in [0, 0.05) is 0 Å². The molecule has 0 atom stereocenters. The molecule has 0 nitrogen and oxygen atoms in total. The van der Waals surface area contributed by atoms with Gasteiger partial charge in [-0.05, 0) is 66.1 Å². The quantitative estimate of drug-likeness (QED) is 0.598. The molecule has 1 aliphatic carbocycles. The van der Waals surface area contributed by atoms with Crippen LogP contribution in [0.1, 0.15) is 28.7 Å². The fraction of sp³-hybridized carbons (Fsp3) is 0.333. The molecular formula is C15H16. The van der Waals surface area contributed by atoms with Crippen molar-refractivity contribution in [3.63, 3.8) is 0 Å². The van der Waals surface area contributed by atoms with E-state index < -0.39 is 0 Å². The summed E-state index contributed by atoms with van der Waals surface area (Å²) in [5.41, 5.74) is 5.96. The van der Waals surface area contributed by atoms with E-state index in [1.165, 1.54) is 35.8 Å². The molecule has 0 fully saturated rings. The van der Waals surface area contributed by atoms with Crippen LogP contribution in [-0.2, 0) is 12.8 Å². The first-order chi connectivity index (χ1) is 7.27. The van der Waals surface area contributed by atoms with E-state index in [0.717, 1.165) is 0 Å². The number of benzene rings is 2. The first kappa shape index (κ1) is 8.96. The monoisotopic (exact) mass is 196 g/mol. The smallest absolute Gasteiger partial charge is 0.0114 e. The van der Waals surface area contributed by atoms with Gasteiger partial charge in [-0.25, -0.2) is 0 Å². The molecule has 0 saturated heterocycles. The molecule has 76 valence electrons. The van der Waals surface area contributed by atoms with Crippen molar-refractivity contribution in [1.82, 2.24) is 0 Å².